The van der Waals surface area contributed by atoms with Crippen molar-refractivity contribution in [1.29, 1.82) is 0 Å². The van der Waals surface area contributed by atoms with Crippen LogP contribution < -0.4 is 5.73 Å². The predicted molar refractivity (Wildman–Crippen MR) is 105 cm³/mol. The lowest BCUT2D eigenvalue weighted by Crippen LogP contribution is -2.06. The molecule has 2 N–H and O–H groups in total. The summed E-state index contributed by atoms with van der Waals surface area (Å²) >= 11 is 6.22. The molecule has 0 aliphatic carbocycles. The Balaban J connectivity index is 0.00000338. The highest BCUT2D eigenvalue weighted by Gasteiger charge is 2.15. The summed E-state index contributed by atoms with van der Waals surface area (Å²) in [5, 5.41) is 4.80. The maximum atomic E-state index is 13.8. The maximum absolute atomic E-state index is 13.8. The summed E-state index contributed by atoms with van der Waals surface area (Å²) in [5.74, 6) is -0.288. The summed E-state index contributed by atoms with van der Waals surface area (Å²) in [4.78, 5) is 0.171. The van der Waals surface area contributed by atoms with E-state index in [1.165, 1.54) is 18.2 Å². The van der Waals surface area contributed by atoms with Crippen molar-refractivity contribution in [3.63, 3.8) is 0 Å². The first-order valence-corrected chi connectivity index (χ1v) is 9.96. The van der Waals surface area contributed by atoms with Crippen molar-refractivity contribution in [3.8, 4) is 0 Å². The van der Waals surface area contributed by atoms with Crippen LogP contribution in [0.15, 0.2) is 35.0 Å². The van der Waals surface area contributed by atoms with Crippen LogP contribution in [0.25, 0.3) is 0 Å². The molecule has 0 saturated heterocycles. The van der Waals surface area contributed by atoms with Crippen LogP contribution in [0.5, 0.6) is 0 Å². The molecule has 5 nitrogen and oxygen atoms in total. The van der Waals surface area contributed by atoms with Gasteiger partial charge in [0.15, 0.2) is 9.84 Å². The van der Waals surface area contributed by atoms with Gasteiger partial charge in [-0.25, -0.2) is 12.8 Å². The number of rotatable bonds is 6. The van der Waals surface area contributed by atoms with E-state index in [1.807, 2.05) is 13.8 Å². The second-order valence-electron chi connectivity index (χ2n) is 5.90. The molecule has 0 aliphatic rings. The molecule has 0 saturated carbocycles. The monoisotopic (exact) mass is 421 g/mol. The summed E-state index contributed by atoms with van der Waals surface area (Å²) in [7, 11) is -3.31. The van der Waals surface area contributed by atoms with E-state index in [0.29, 0.717) is 11.6 Å². The van der Waals surface area contributed by atoms with Crippen molar-refractivity contribution in [2.24, 2.45) is 5.73 Å². The molecule has 0 amide bonds. The van der Waals surface area contributed by atoms with Gasteiger partial charge in [-0.15, -0.1) is 12.4 Å². The van der Waals surface area contributed by atoms with Crippen LogP contribution in [-0.2, 0) is 22.8 Å². The summed E-state index contributed by atoms with van der Waals surface area (Å²) in [6, 6.07) is 4.62. The van der Waals surface area contributed by atoms with Crippen molar-refractivity contribution < 1.29 is 12.8 Å². The second-order valence-corrected chi connectivity index (χ2v) is 8.32. The molecule has 0 unspecified atom stereocenters. The minimum atomic E-state index is -3.31. The van der Waals surface area contributed by atoms with Gasteiger partial charge < -0.3 is 5.73 Å². The first-order valence-electron chi connectivity index (χ1n) is 7.69. The fourth-order valence-corrected chi connectivity index (χ4v) is 3.51. The van der Waals surface area contributed by atoms with Crippen molar-refractivity contribution in [2.45, 2.75) is 31.7 Å². The standard InChI is InChI=1S/C17H21ClFN3O2S.ClH/c1-11-16(8-14(19)6-7-20)12(2)22(21-11)10-13-4-5-15(9-17(13)18)25(3,23)24;/h4-6,9H,7-8,10,20H2,1-3H3;1H/b14-6-;. The molecule has 1 aromatic heterocycles. The molecule has 0 spiro atoms. The maximum Gasteiger partial charge on any atom is 0.175 e. The number of nitrogens with two attached hydrogens (primary N) is 1. The van der Waals surface area contributed by atoms with Gasteiger partial charge in [0.25, 0.3) is 0 Å². The van der Waals surface area contributed by atoms with Gasteiger partial charge in [-0.3, -0.25) is 4.68 Å². The van der Waals surface area contributed by atoms with Crippen LogP contribution in [0, 0.1) is 13.8 Å². The van der Waals surface area contributed by atoms with E-state index in [0.717, 1.165) is 28.8 Å². The molecule has 0 bridgehead atoms. The minimum absolute atomic E-state index is 0. The summed E-state index contributed by atoms with van der Waals surface area (Å²) in [6.45, 7) is 4.21. The Bertz CT molecular complexity index is 924. The smallest absolute Gasteiger partial charge is 0.175 e. The molecule has 0 fully saturated rings. The third-order valence-electron chi connectivity index (χ3n) is 3.99. The number of hydrogen-bond acceptors (Lipinski definition) is 4. The molecule has 0 atom stereocenters. The number of halogens is 3. The zero-order chi connectivity index (χ0) is 18.8. The van der Waals surface area contributed by atoms with E-state index in [1.54, 1.807) is 10.7 Å². The summed E-state index contributed by atoms with van der Waals surface area (Å²) < 4.78 is 38.7. The van der Waals surface area contributed by atoms with Crippen LogP contribution in [-0.4, -0.2) is 31.0 Å². The van der Waals surface area contributed by atoms with Crippen LogP contribution in [0.1, 0.15) is 22.5 Å². The van der Waals surface area contributed by atoms with E-state index < -0.39 is 9.84 Å². The highest BCUT2D eigenvalue weighted by molar-refractivity contribution is 7.90. The molecule has 26 heavy (non-hydrogen) atoms. The lowest BCUT2D eigenvalue weighted by molar-refractivity contribution is 0.601. The fourth-order valence-electron chi connectivity index (χ4n) is 2.56. The normalized spacial score (nSPS) is 12.2. The number of sulfone groups is 1. The molecule has 0 radical (unpaired) electrons. The van der Waals surface area contributed by atoms with Gasteiger partial charge in [-0.1, -0.05) is 17.7 Å². The van der Waals surface area contributed by atoms with Crippen molar-refractivity contribution in [1.82, 2.24) is 9.78 Å². The number of nitrogens with zero attached hydrogens (tertiary/aromatic N) is 2. The molecular weight excluding hydrogens is 400 g/mol. The number of benzene rings is 1. The molecule has 1 aromatic carbocycles. The average Bonchev–Trinajstić information content (AvgIpc) is 2.76. The largest absolute Gasteiger partial charge is 0.327 e. The van der Waals surface area contributed by atoms with Gasteiger partial charge in [0.05, 0.1) is 17.1 Å². The highest BCUT2D eigenvalue weighted by Crippen LogP contribution is 2.24. The summed E-state index contributed by atoms with van der Waals surface area (Å²) in [6.07, 6.45) is 2.63. The van der Waals surface area contributed by atoms with E-state index in [9.17, 15) is 12.8 Å². The Kier molecular flexibility index (Phi) is 7.83. The van der Waals surface area contributed by atoms with Gasteiger partial charge in [0, 0.05) is 35.5 Å². The zero-order valence-electron chi connectivity index (χ0n) is 14.8. The fraction of sp³-hybridized carbons (Fsp3) is 0.353. The van der Waals surface area contributed by atoms with Gasteiger partial charge in [0.1, 0.15) is 5.83 Å². The number of hydrogen-bond donors (Lipinski definition) is 1. The molecule has 2 rings (SSSR count). The Morgan fingerprint density at radius 1 is 1.38 bits per heavy atom. The van der Waals surface area contributed by atoms with Gasteiger partial charge in [-0.2, -0.15) is 5.10 Å². The lowest BCUT2D eigenvalue weighted by Gasteiger charge is -2.09. The Labute approximate surface area is 164 Å². The third kappa shape index (κ3) is 5.30. The van der Waals surface area contributed by atoms with Crippen molar-refractivity contribution >= 4 is 33.8 Å². The van der Waals surface area contributed by atoms with Crippen LogP contribution in [0.3, 0.4) is 0 Å². The Hall–Kier alpha value is -1.41. The second kappa shape index (κ2) is 8.99. The predicted octanol–water partition coefficient (Wildman–Crippen LogP) is 3.38. The topological polar surface area (TPSA) is 78.0 Å². The van der Waals surface area contributed by atoms with Crippen LogP contribution >= 0.6 is 24.0 Å². The van der Waals surface area contributed by atoms with Gasteiger partial charge >= 0.3 is 0 Å². The third-order valence-corrected chi connectivity index (χ3v) is 5.45. The van der Waals surface area contributed by atoms with Crippen LogP contribution in [0.2, 0.25) is 5.02 Å². The molecule has 9 heteroatoms. The van der Waals surface area contributed by atoms with E-state index in [-0.39, 0.29) is 36.1 Å². The minimum Gasteiger partial charge on any atom is -0.327 e. The molecule has 1 heterocycles. The van der Waals surface area contributed by atoms with Crippen molar-refractivity contribution in [2.75, 3.05) is 12.8 Å². The highest BCUT2D eigenvalue weighted by atomic mass is 35.5. The lowest BCUT2D eigenvalue weighted by atomic mass is 10.1. The zero-order valence-corrected chi connectivity index (χ0v) is 17.2. The van der Waals surface area contributed by atoms with Gasteiger partial charge in [-0.05, 0) is 37.6 Å². The van der Waals surface area contributed by atoms with E-state index >= 15 is 0 Å². The average molecular weight is 422 g/mol. The first kappa shape index (κ1) is 22.6. The first-order chi connectivity index (χ1) is 11.6. The van der Waals surface area contributed by atoms with Crippen molar-refractivity contribution in [3.05, 3.63) is 57.6 Å². The van der Waals surface area contributed by atoms with Crippen LogP contribution in [0.4, 0.5) is 4.39 Å². The Morgan fingerprint density at radius 3 is 2.58 bits per heavy atom. The molecule has 144 valence electrons. The van der Waals surface area contributed by atoms with Gasteiger partial charge in [0.2, 0.25) is 0 Å². The molecular formula is C17H22Cl2FN3O2S. The quantitative estimate of drug-likeness (QED) is 0.774. The SMILES string of the molecule is Cc1nn(Cc2ccc(S(C)(=O)=O)cc2Cl)c(C)c1C/C(F)=C/CN.Cl. The molecule has 2 aromatic rings. The molecule has 0 aliphatic heterocycles. The van der Waals surface area contributed by atoms with E-state index in [4.69, 9.17) is 17.3 Å². The number of allylic oxidation sites excluding steroid dienone is 1. The number of aromatic nitrogens is 2. The Morgan fingerprint density at radius 2 is 2.04 bits per heavy atom. The number of aryl methyl sites for hydroxylation is 1. The summed E-state index contributed by atoms with van der Waals surface area (Å²) in [5.41, 5.74) is 8.45. The van der Waals surface area contributed by atoms with E-state index in [2.05, 4.69) is 5.10 Å².